The van der Waals surface area contributed by atoms with Crippen LogP contribution in [0.4, 0.5) is 0 Å². The van der Waals surface area contributed by atoms with Crippen molar-refractivity contribution >= 4 is 44.6 Å². The second kappa shape index (κ2) is 3.55. The molecule has 0 aliphatic heterocycles. The van der Waals surface area contributed by atoms with E-state index in [0.29, 0.717) is 0 Å². The second-order valence-electron chi connectivity index (χ2n) is 0.530. The standard InChI is InChI=1S/CH4BIS2/c1-2-5(3)4/h5H,1H3. The quantitative estimate of drug-likeness (QED) is 0.271. The third-order valence-electron chi connectivity index (χ3n) is 0.203. The van der Waals surface area contributed by atoms with Gasteiger partial charge in [-0.2, -0.15) is 0 Å². The molecule has 0 bridgehead atoms. The van der Waals surface area contributed by atoms with Gasteiger partial charge in [-0.05, 0) is 0 Å². The molecule has 0 fully saturated rings. The third-order valence-corrected chi connectivity index (χ3v) is 2.91. The summed E-state index contributed by atoms with van der Waals surface area (Å²) >= 11 is 7.01. The molecule has 0 heterocycles. The monoisotopic (exact) mass is 218 g/mol. The molecule has 0 aromatic heterocycles. The van der Waals surface area contributed by atoms with Crippen LogP contribution in [0.25, 0.3) is 0 Å². The van der Waals surface area contributed by atoms with E-state index >= 15 is 0 Å². The van der Waals surface area contributed by atoms with Gasteiger partial charge < -0.3 is 0 Å². The normalized spacial score (nSPS) is 14.0. The zero-order valence-electron chi connectivity index (χ0n) is 2.81. The van der Waals surface area contributed by atoms with Crippen molar-refractivity contribution in [1.29, 1.82) is 0 Å². The zero-order chi connectivity index (χ0) is 4.28. The van der Waals surface area contributed by atoms with Crippen LogP contribution in [0.1, 0.15) is 0 Å². The Bertz CT molecular complexity index is 81.6. The summed E-state index contributed by atoms with van der Waals surface area (Å²) in [5.74, 6) is 0. The van der Waals surface area contributed by atoms with Gasteiger partial charge in [0.05, 0.1) is 0 Å². The van der Waals surface area contributed by atoms with Crippen LogP contribution in [0, 0.1) is 0 Å². The van der Waals surface area contributed by atoms with E-state index in [0.717, 1.165) is 0 Å². The molecule has 5 heavy (non-hydrogen) atoms. The Morgan fingerprint density at radius 1 is 2.00 bits per heavy atom. The first kappa shape index (κ1) is 6.36. The molecule has 0 aliphatic rings. The van der Waals surface area contributed by atoms with Crippen molar-refractivity contribution in [2.45, 2.75) is 6.82 Å². The number of halogens is 1. The summed E-state index contributed by atoms with van der Waals surface area (Å²) in [4.78, 5) is 0. The molecule has 4 heteroatoms. The number of rotatable bonds is 0. The Balaban J connectivity index is 3.62. The van der Waals surface area contributed by atoms with Gasteiger partial charge in [-0.15, -0.1) is 0 Å². The summed E-state index contributed by atoms with van der Waals surface area (Å²) in [7, 11) is 0. The molecule has 0 saturated carbocycles. The summed E-state index contributed by atoms with van der Waals surface area (Å²) in [6, 6.07) is -0.170. The number of hydrogen-bond acceptors (Lipinski definition) is 1. The molecule has 0 radical (unpaired) electrons. The Hall–Kier alpha value is 1.36. The van der Waals surface area contributed by atoms with Gasteiger partial charge in [-0.1, -0.05) is 0 Å². The molecule has 1 atom stereocenters. The second-order valence-corrected chi connectivity index (χ2v) is 7.85. The topological polar surface area (TPSA) is 0 Å². The van der Waals surface area contributed by atoms with Gasteiger partial charge in [0.1, 0.15) is 0 Å². The van der Waals surface area contributed by atoms with Crippen molar-refractivity contribution in [3.63, 3.8) is 0 Å². The van der Waals surface area contributed by atoms with Crippen molar-refractivity contribution in [1.82, 2.24) is 0 Å². The Labute approximate surface area is 51.2 Å². The molecule has 1 unspecified atom stereocenters. The molecule has 0 nitrogen and oxygen atoms in total. The molecular formula is CH4BIS2. The molecule has 0 aliphatic carbocycles. The van der Waals surface area contributed by atoms with Crippen molar-refractivity contribution in [2.24, 2.45) is 0 Å². The first-order valence-corrected chi connectivity index (χ1v) is 6.40. The van der Waals surface area contributed by atoms with E-state index in [4.69, 9.17) is 11.2 Å². The van der Waals surface area contributed by atoms with Crippen molar-refractivity contribution < 1.29 is 0 Å². The number of hydrogen-bond donors (Lipinski definition) is 1. The molecular weight excluding hydrogens is 214 g/mol. The van der Waals surface area contributed by atoms with E-state index in [1.165, 1.54) is 0 Å². The van der Waals surface area contributed by atoms with Gasteiger partial charge >= 0.3 is 51.4 Å². The Kier molecular flexibility index (Phi) is 4.52. The SMILES string of the molecule is CB=[SH](=S)I. The van der Waals surface area contributed by atoms with Crippen LogP contribution >= 0.6 is 21.2 Å². The minimum atomic E-state index is -0.170. The molecule has 0 N–H and O–H groups in total. The van der Waals surface area contributed by atoms with E-state index in [9.17, 15) is 0 Å². The van der Waals surface area contributed by atoms with Crippen molar-refractivity contribution in [3.05, 3.63) is 0 Å². The van der Waals surface area contributed by atoms with E-state index in [1.54, 1.807) is 0 Å². The fourth-order valence-electron chi connectivity index (χ4n) is 0. The fourth-order valence-corrected chi connectivity index (χ4v) is 0. The van der Waals surface area contributed by atoms with Crippen molar-refractivity contribution in [2.75, 3.05) is 0 Å². The van der Waals surface area contributed by atoms with Crippen LogP contribution < -0.4 is 0 Å². The van der Waals surface area contributed by atoms with Crippen LogP contribution in [0.5, 0.6) is 0 Å². The van der Waals surface area contributed by atoms with Gasteiger partial charge in [0.25, 0.3) is 0 Å². The maximum absolute atomic E-state index is 4.78. The first-order valence-electron chi connectivity index (χ1n) is 1.19. The van der Waals surface area contributed by atoms with Gasteiger partial charge in [0.2, 0.25) is 0 Å². The third kappa shape index (κ3) is 5.36. The summed E-state index contributed by atoms with van der Waals surface area (Å²) in [5.41, 5.74) is 0. The molecule has 0 amide bonds. The van der Waals surface area contributed by atoms with E-state index in [-0.39, 0.29) is 6.05 Å². The van der Waals surface area contributed by atoms with Gasteiger partial charge in [-0.3, -0.25) is 0 Å². The zero-order valence-corrected chi connectivity index (χ0v) is 6.68. The van der Waals surface area contributed by atoms with Crippen LogP contribution in [-0.4, -0.2) is 6.15 Å². The predicted molar refractivity (Wildman–Crippen MR) is 41.8 cm³/mol. The Morgan fingerprint density at radius 2 is 2.20 bits per heavy atom. The van der Waals surface area contributed by atoms with Crippen LogP contribution in [0.3, 0.4) is 0 Å². The Morgan fingerprint density at radius 3 is 2.20 bits per heavy atom. The summed E-state index contributed by atoms with van der Waals surface area (Å²) < 4.78 is 0. The molecule has 0 rings (SSSR count). The maximum atomic E-state index is 4.78. The fraction of sp³-hybridized carbons (Fsp3) is 1.00. The first-order chi connectivity index (χ1) is 2.27. The average molecular weight is 218 g/mol. The summed E-state index contributed by atoms with van der Waals surface area (Å²) in [6.07, 6.45) is 2.03. The van der Waals surface area contributed by atoms with Crippen LogP contribution in [0.2, 0.25) is 6.82 Å². The van der Waals surface area contributed by atoms with E-state index < -0.39 is 0 Å². The average Bonchev–Trinajstić information content (AvgIpc) is 1.38. The molecule has 30 valence electrons. The minimum absolute atomic E-state index is 0.170. The van der Waals surface area contributed by atoms with Gasteiger partial charge in [0, 0.05) is 0 Å². The molecule has 0 saturated heterocycles. The summed E-state index contributed by atoms with van der Waals surface area (Å²) in [6.45, 7) is 1.99. The molecule has 0 spiro atoms. The van der Waals surface area contributed by atoms with Crippen LogP contribution in [-0.2, 0) is 17.2 Å². The van der Waals surface area contributed by atoms with Crippen molar-refractivity contribution in [3.8, 4) is 0 Å². The molecule has 0 aromatic carbocycles. The van der Waals surface area contributed by atoms with E-state index in [2.05, 4.69) is 21.2 Å². The van der Waals surface area contributed by atoms with Gasteiger partial charge in [0.15, 0.2) is 0 Å². The van der Waals surface area contributed by atoms with E-state index in [1.807, 2.05) is 13.0 Å². The number of thiol groups is 1. The summed E-state index contributed by atoms with van der Waals surface area (Å²) in [5, 5.41) is 0. The molecule has 0 aromatic rings. The van der Waals surface area contributed by atoms with Gasteiger partial charge in [-0.25, -0.2) is 0 Å². The predicted octanol–water partition coefficient (Wildman–Crippen LogP) is 0.816. The van der Waals surface area contributed by atoms with Crippen LogP contribution in [0.15, 0.2) is 0 Å².